The van der Waals surface area contributed by atoms with Crippen molar-refractivity contribution in [3.8, 4) is 22.2 Å². The number of nitrogens with zero attached hydrogens (tertiary/aromatic N) is 4. The highest BCUT2D eigenvalue weighted by atomic mass is 32.1. The monoisotopic (exact) mass is 402 g/mol. The van der Waals surface area contributed by atoms with Crippen LogP contribution in [0.25, 0.3) is 26.6 Å². The van der Waals surface area contributed by atoms with Gasteiger partial charge in [0, 0.05) is 12.1 Å². The van der Waals surface area contributed by atoms with Crippen LogP contribution in [-0.4, -0.2) is 26.7 Å². The van der Waals surface area contributed by atoms with E-state index in [1.54, 1.807) is 23.0 Å². The molecule has 7 heteroatoms. The number of benzene rings is 2. The van der Waals surface area contributed by atoms with E-state index >= 15 is 0 Å². The molecule has 2 aromatic carbocycles. The Kier molecular flexibility index (Phi) is 4.37. The summed E-state index contributed by atoms with van der Waals surface area (Å²) in [6.07, 6.45) is 1.90. The first kappa shape index (κ1) is 17.6. The average molecular weight is 402 g/mol. The van der Waals surface area contributed by atoms with E-state index in [0.717, 1.165) is 43.6 Å². The molecule has 0 unspecified atom stereocenters. The van der Waals surface area contributed by atoms with Gasteiger partial charge in [0.1, 0.15) is 28.8 Å². The zero-order chi connectivity index (χ0) is 19.8. The molecule has 144 valence electrons. The van der Waals surface area contributed by atoms with Crippen molar-refractivity contribution in [3.05, 3.63) is 72.1 Å². The van der Waals surface area contributed by atoms with Crippen LogP contribution in [0.3, 0.4) is 0 Å². The Morgan fingerprint density at radius 2 is 1.90 bits per heavy atom. The van der Waals surface area contributed by atoms with Gasteiger partial charge in [0.25, 0.3) is 0 Å². The van der Waals surface area contributed by atoms with Gasteiger partial charge in [-0.2, -0.15) is 5.10 Å². The van der Waals surface area contributed by atoms with E-state index in [1.165, 1.54) is 0 Å². The van der Waals surface area contributed by atoms with E-state index in [-0.39, 0.29) is 0 Å². The summed E-state index contributed by atoms with van der Waals surface area (Å²) in [7, 11) is 1.64. The fraction of sp³-hybridized carbons (Fsp3) is 0.136. The third kappa shape index (κ3) is 3.40. The third-order valence-electron chi connectivity index (χ3n) is 4.57. The fourth-order valence-corrected chi connectivity index (χ4v) is 4.10. The molecule has 3 heterocycles. The minimum Gasteiger partial charge on any atom is -0.497 e. The van der Waals surface area contributed by atoms with Crippen molar-refractivity contribution >= 4 is 27.2 Å². The molecule has 0 saturated heterocycles. The van der Waals surface area contributed by atoms with Crippen LogP contribution in [0.2, 0.25) is 0 Å². The summed E-state index contributed by atoms with van der Waals surface area (Å²) >= 11 is 1.56. The topological polar surface area (TPSA) is 61.5 Å². The number of aromatic nitrogens is 4. The molecule has 0 amide bonds. The molecule has 5 aromatic rings. The highest BCUT2D eigenvalue weighted by molar-refractivity contribution is 7.22. The number of rotatable bonds is 5. The number of methoxy groups -OCH3 is 1. The first-order valence-electron chi connectivity index (χ1n) is 9.18. The minimum absolute atomic E-state index is 0.480. The maximum atomic E-state index is 6.12. The maximum Gasteiger partial charge on any atom is 0.154 e. The predicted molar refractivity (Wildman–Crippen MR) is 114 cm³/mol. The molecular formula is C22H18N4O2S. The van der Waals surface area contributed by atoms with Crippen molar-refractivity contribution in [2.45, 2.75) is 13.5 Å². The summed E-state index contributed by atoms with van der Waals surface area (Å²) < 4.78 is 14.3. The third-order valence-corrected chi connectivity index (χ3v) is 5.68. The van der Waals surface area contributed by atoms with Gasteiger partial charge in [0.05, 0.1) is 29.2 Å². The maximum absolute atomic E-state index is 6.12. The van der Waals surface area contributed by atoms with E-state index in [9.17, 15) is 0 Å². The minimum atomic E-state index is 0.480. The first-order valence-corrected chi connectivity index (χ1v) is 10.00. The summed E-state index contributed by atoms with van der Waals surface area (Å²) in [6, 6.07) is 17.8. The summed E-state index contributed by atoms with van der Waals surface area (Å²) in [5, 5.41) is 5.29. The number of hydrogen-bond donors (Lipinski definition) is 0. The molecule has 6 nitrogen and oxygen atoms in total. The zero-order valence-electron chi connectivity index (χ0n) is 16.0. The molecule has 0 fully saturated rings. The highest BCUT2D eigenvalue weighted by Crippen LogP contribution is 2.39. The molecule has 0 saturated carbocycles. The molecule has 0 atom stereocenters. The van der Waals surface area contributed by atoms with Crippen LogP contribution in [-0.2, 0) is 6.61 Å². The highest BCUT2D eigenvalue weighted by Gasteiger charge is 2.16. The standard InChI is InChI=1S/C22H18N4O2S/c1-14-8-9-20-23-18(12-26(20)25-14)22-24-17-10-16(27-2)11-19(21(17)29-22)28-13-15-6-4-3-5-7-15/h3-12H,13H2,1-2H3. The lowest BCUT2D eigenvalue weighted by molar-refractivity contribution is 0.308. The van der Waals surface area contributed by atoms with Gasteiger partial charge < -0.3 is 9.47 Å². The van der Waals surface area contributed by atoms with Crippen LogP contribution in [0.1, 0.15) is 11.3 Å². The lowest BCUT2D eigenvalue weighted by atomic mass is 10.2. The molecule has 0 spiro atoms. The van der Waals surface area contributed by atoms with Crippen molar-refractivity contribution in [3.63, 3.8) is 0 Å². The SMILES string of the molecule is COc1cc(OCc2ccccc2)c2sc(-c3cn4nc(C)ccc4n3)nc2c1. The Morgan fingerprint density at radius 3 is 2.72 bits per heavy atom. The molecule has 0 aliphatic rings. The Bertz CT molecular complexity index is 1310. The Hall–Kier alpha value is -3.45. The largest absolute Gasteiger partial charge is 0.497 e. The van der Waals surface area contributed by atoms with Crippen molar-refractivity contribution in [1.29, 1.82) is 0 Å². The lowest BCUT2D eigenvalue weighted by Crippen LogP contribution is -1.95. The first-order chi connectivity index (χ1) is 14.2. The number of ether oxygens (including phenoxy) is 2. The van der Waals surface area contributed by atoms with E-state index < -0.39 is 0 Å². The van der Waals surface area contributed by atoms with Gasteiger partial charge in [-0.3, -0.25) is 0 Å². The van der Waals surface area contributed by atoms with E-state index in [4.69, 9.17) is 14.5 Å². The van der Waals surface area contributed by atoms with Gasteiger partial charge >= 0.3 is 0 Å². The number of hydrogen-bond acceptors (Lipinski definition) is 6. The van der Waals surface area contributed by atoms with Crippen LogP contribution in [0.5, 0.6) is 11.5 Å². The van der Waals surface area contributed by atoms with Gasteiger partial charge in [-0.25, -0.2) is 14.5 Å². The molecule has 0 bridgehead atoms. The van der Waals surface area contributed by atoms with Crippen LogP contribution in [0, 0.1) is 6.92 Å². The molecule has 3 aromatic heterocycles. The van der Waals surface area contributed by atoms with Gasteiger partial charge in [-0.1, -0.05) is 30.3 Å². The van der Waals surface area contributed by atoms with Gasteiger partial charge in [0.2, 0.25) is 0 Å². The van der Waals surface area contributed by atoms with E-state index in [1.807, 2.05) is 67.7 Å². The van der Waals surface area contributed by atoms with Crippen LogP contribution in [0.4, 0.5) is 0 Å². The lowest BCUT2D eigenvalue weighted by Gasteiger charge is -2.09. The summed E-state index contributed by atoms with van der Waals surface area (Å²) in [6.45, 7) is 2.44. The van der Waals surface area contributed by atoms with Crippen LogP contribution < -0.4 is 9.47 Å². The molecular weight excluding hydrogens is 384 g/mol. The van der Waals surface area contributed by atoms with Gasteiger partial charge in [-0.05, 0) is 24.6 Å². The normalized spacial score (nSPS) is 11.2. The summed E-state index contributed by atoms with van der Waals surface area (Å²) in [5.41, 5.74) is 4.45. The van der Waals surface area contributed by atoms with E-state index in [0.29, 0.717) is 12.4 Å². The van der Waals surface area contributed by atoms with Crippen molar-refractivity contribution in [2.24, 2.45) is 0 Å². The van der Waals surface area contributed by atoms with Crippen LogP contribution in [0.15, 0.2) is 60.8 Å². The fourth-order valence-electron chi connectivity index (χ4n) is 3.13. The number of aryl methyl sites for hydroxylation is 1. The quantitative estimate of drug-likeness (QED) is 0.418. The second-order valence-electron chi connectivity index (χ2n) is 6.67. The second kappa shape index (κ2) is 7.18. The summed E-state index contributed by atoms with van der Waals surface area (Å²) in [5.74, 6) is 1.47. The predicted octanol–water partition coefficient (Wildman–Crippen LogP) is 4.90. The number of imidazole rings is 1. The average Bonchev–Trinajstić information content (AvgIpc) is 3.36. The van der Waals surface area contributed by atoms with Crippen molar-refractivity contribution in [1.82, 2.24) is 19.6 Å². The molecule has 0 N–H and O–H groups in total. The van der Waals surface area contributed by atoms with Gasteiger partial charge in [-0.15, -0.1) is 11.3 Å². The number of fused-ring (bicyclic) bond motifs is 2. The Morgan fingerprint density at radius 1 is 1.03 bits per heavy atom. The Balaban J connectivity index is 1.55. The van der Waals surface area contributed by atoms with Crippen molar-refractivity contribution < 1.29 is 9.47 Å². The molecule has 5 rings (SSSR count). The molecule has 29 heavy (non-hydrogen) atoms. The summed E-state index contributed by atoms with van der Waals surface area (Å²) in [4.78, 5) is 9.44. The molecule has 0 aliphatic carbocycles. The van der Waals surface area contributed by atoms with Gasteiger partial charge in [0.15, 0.2) is 5.65 Å². The smallest absolute Gasteiger partial charge is 0.154 e. The van der Waals surface area contributed by atoms with E-state index in [2.05, 4.69) is 10.1 Å². The Labute approximate surface area is 171 Å². The van der Waals surface area contributed by atoms with Crippen molar-refractivity contribution in [2.75, 3.05) is 7.11 Å². The number of thiazole rings is 1. The molecule has 0 aliphatic heterocycles. The molecule has 0 radical (unpaired) electrons. The zero-order valence-corrected chi connectivity index (χ0v) is 16.8. The van der Waals surface area contributed by atoms with Crippen LogP contribution >= 0.6 is 11.3 Å². The second-order valence-corrected chi connectivity index (χ2v) is 7.67.